The van der Waals surface area contributed by atoms with Crippen molar-refractivity contribution in [2.24, 2.45) is 5.92 Å². The number of carbonyl (C=O) groups is 1. The number of amides is 1. The van der Waals surface area contributed by atoms with E-state index in [1.807, 2.05) is 18.2 Å². The van der Waals surface area contributed by atoms with Crippen LogP contribution >= 0.6 is 0 Å². The van der Waals surface area contributed by atoms with Crippen molar-refractivity contribution in [3.8, 4) is 0 Å². The fraction of sp³-hybridized carbons (Fsp3) is 0.611. The molecule has 21 heavy (non-hydrogen) atoms. The number of hydrogen-bond donors (Lipinski definition) is 2. The number of aliphatic hydroxyl groups excluding tert-OH is 1. The average Bonchev–Trinajstić information content (AvgIpc) is 3.00. The predicted molar refractivity (Wildman–Crippen MR) is 85.1 cm³/mol. The van der Waals surface area contributed by atoms with Crippen molar-refractivity contribution in [1.29, 1.82) is 0 Å². The van der Waals surface area contributed by atoms with Crippen LogP contribution in [0.5, 0.6) is 0 Å². The van der Waals surface area contributed by atoms with Crippen molar-refractivity contribution in [2.75, 3.05) is 13.2 Å². The zero-order valence-corrected chi connectivity index (χ0v) is 12.8. The first-order chi connectivity index (χ1) is 10.3. The van der Waals surface area contributed by atoms with Gasteiger partial charge in [0.25, 0.3) is 0 Å². The van der Waals surface area contributed by atoms with E-state index in [0.717, 1.165) is 12.8 Å². The van der Waals surface area contributed by atoms with Crippen molar-refractivity contribution in [3.63, 3.8) is 0 Å². The molecule has 2 rings (SSSR count). The normalized spacial score (nSPS) is 16.8. The van der Waals surface area contributed by atoms with Gasteiger partial charge in [0.1, 0.15) is 0 Å². The molecule has 0 saturated heterocycles. The topological polar surface area (TPSA) is 49.3 Å². The van der Waals surface area contributed by atoms with E-state index in [4.69, 9.17) is 0 Å². The largest absolute Gasteiger partial charge is 0.396 e. The fourth-order valence-electron chi connectivity index (χ4n) is 3.29. The van der Waals surface area contributed by atoms with Crippen LogP contribution in [0, 0.1) is 5.92 Å². The summed E-state index contributed by atoms with van der Waals surface area (Å²) in [6.45, 7) is 0.890. The number of carbonyl (C=O) groups excluding carboxylic acids is 1. The second-order valence-electron chi connectivity index (χ2n) is 6.11. The Balaban J connectivity index is 1.73. The monoisotopic (exact) mass is 289 g/mol. The van der Waals surface area contributed by atoms with Crippen molar-refractivity contribution in [3.05, 3.63) is 35.9 Å². The lowest BCUT2D eigenvalue weighted by Crippen LogP contribution is -2.27. The summed E-state index contributed by atoms with van der Waals surface area (Å²) >= 11 is 0. The molecule has 1 aliphatic carbocycles. The summed E-state index contributed by atoms with van der Waals surface area (Å²) < 4.78 is 0. The van der Waals surface area contributed by atoms with Gasteiger partial charge in [0.2, 0.25) is 5.91 Å². The third-order valence-corrected chi connectivity index (χ3v) is 4.51. The van der Waals surface area contributed by atoms with Gasteiger partial charge in [-0.1, -0.05) is 43.2 Å². The van der Waals surface area contributed by atoms with E-state index >= 15 is 0 Å². The van der Waals surface area contributed by atoms with Crippen molar-refractivity contribution < 1.29 is 9.90 Å². The summed E-state index contributed by atoms with van der Waals surface area (Å²) in [6, 6.07) is 10.3. The molecule has 3 heteroatoms. The zero-order valence-electron chi connectivity index (χ0n) is 12.8. The molecule has 0 spiro atoms. The molecule has 0 radical (unpaired) electrons. The highest BCUT2D eigenvalue weighted by Crippen LogP contribution is 2.27. The van der Waals surface area contributed by atoms with Gasteiger partial charge < -0.3 is 10.4 Å². The lowest BCUT2D eigenvalue weighted by molar-refractivity contribution is -0.122. The Labute approximate surface area is 127 Å². The minimum absolute atomic E-state index is 0.190. The Bertz CT molecular complexity index is 412. The molecule has 0 aromatic heterocycles. The maximum atomic E-state index is 11.9. The quantitative estimate of drug-likeness (QED) is 0.772. The van der Waals surface area contributed by atoms with Crippen molar-refractivity contribution in [2.45, 2.75) is 50.9 Å². The molecular weight excluding hydrogens is 262 g/mol. The summed E-state index contributed by atoms with van der Waals surface area (Å²) in [6.07, 6.45) is 7.32. The summed E-state index contributed by atoms with van der Waals surface area (Å²) in [7, 11) is 0. The molecule has 1 aliphatic rings. The van der Waals surface area contributed by atoms with Gasteiger partial charge in [-0.25, -0.2) is 0 Å². The van der Waals surface area contributed by atoms with Gasteiger partial charge in [0, 0.05) is 19.6 Å². The van der Waals surface area contributed by atoms with Crippen LogP contribution in [-0.4, -0.2) is 24.2 Å². The first-order valence-corrected chi connectivity index (χ1v) is 8.22. The van der Waals surface area contributed by atoms with E-state index in [-0.39, 0.29) is 12.5 Å². The maximum Gasteiger partial charge on any atom is 0.220 e. The van der Waals surface area contributed by atoms with Crippen LogP contribution in [0.1, 0.15) is 56.4 Å². The molecule has 0 unspecified atom stereocenters. The minimum Gasteiger partial charge on any atom is -0.396 e. The Morgan fingerprint density at radius 3 is 2.57 bits per heavy atom. The molecule has 1 fully saturated rings. The molecule has 1 amide bonds. The number of hydrogen-bond acceptors (Lipinski definition) is 2. The number of nitrogens with one attached hydrogen (secondary N) is 1. The summed E-state index contributed by atoms with van der Waals surface area (Å²) in [4.78, 5) is 11.9. The third-order valence-electron chi connectivity index (χ3n) is 4.51. The van der Waals surface area contributed by atoms with Gasteiger partial charge in [-0.2, -0.15) is 0 Å². The first kappa shape index (κ1) is 16.0. The Hall–Kier alpha value is -1.35. The molecule has 0 bridgehead atoms. The van der Waals surface area contributed by atoms with E-state index in [1.54, 1.807) is 0 Å². The average molecular weight is 289 g/mol. The lowest BCUT2D eigenvalue weighted by atomic mass is 9.93. The second kappa shape index (κ2) is 8.83. The molecule has 1 aromatic rings. The summed E-state index contributed by atoms with van der Waals surface area (Å²) in [5, 5.41) is 12.3. The second-order valence-corrected chi connectivity index (χ2v) is 6.11. The van der Waals surface area contributed by atoms with Crippen LogP contribution in [0.15, 0.2) is 30.3 Å². The van der Waals surface area contributed by atoms with Crippen LogP contribution in [0.2, 0.25) is 0 Å². The zero-order chi connectivity index (χ0) is 14.9. The van der Waals surface area contributed by atoms with Crippen LogP contribution in [0.25, 0.3) is 0 Å². The molecule has 3 nitrogen and oxygen atoms in total. The molecule has 1 saturated carbocycles. The van der Waals surface area contributed by atoms with Crippen molar-refractivity contribution in [1.82, 2.24) is 5.32 Å². The molecule has 1 atom stereocenters. The van der Waals surface area contributed by atoms with E-state index < -0.39 is 0 Å². The molecule has 0 aliphatic heterocycles. The molecular formula is C18H27NO2. The van der Waals surface area contributed by atoms with E-state index in [2.05, 4.69) is 17.4 Å². The number of rotatable bonds is 8. The number of aliphatic hydroxyl groups is 1. The molecule has 1 aromatic carbocycles. The van der Waals surface area contributed by atoms with Crippen LogP contribution < -0.4 is 5.32 Å². The van der Waals surface area contributed by atoms with Crippen LogP contribution in [0.3, 0.4) is 0 Å². The number of benzene rings is 1. The van der Waals surface area contributed by atoms with Gasteiger partial charge in [0.05, 0.1) is 0 Å². The third kappa shape index (κ3) is 5.50. The van der Waals surface area contributed by atoms with Crippen LogP contribution in [0.4, 0.5) is 0 Å². The Kier molecular flexibility index (Phi) is 6.74. The lowest BCUT2D eigenvalue weighted by Gasteiger charge is -2.17. The molecule has 2 N–H and O–H groups in total. The minimum atomic E-state index is 0.190. The van der Waals surface area contributed by atoms with E-state index in [1.165, 1.54) is 31.2 Å². The summed E-state index contributed by atoms with van der Waals surface area (Å²) in [5.41, 5.74) is 1.25. The van der Waals surface area contributed by atoms with E-state index in [0.29, 0.717) is 24.8 Å². The highest BCUT2D eigenvalue weighted by Gasteiger charge is 2.18. The highest BCUT2D eigenvalue weighted by molar-refractivity contribution is 5.76. The standard InChI is InChI=1S/C18H27NO2/c20-13-11-17(16-8-2-1-3-9-16)10-12-19-18(21)14-15-6-4-5-7-15/h1-3,8-9,15,17,20H,4-7,10-14H2,(H,19,21)/t17-/m0/s1. The molecule has 116 valence electrons. The predicted octanol–water partition coefficient (Wildman–Crippen LogP) is 3.24. The Morgan fingerprint density at radius 2 is 1.90 bits per heavy atom. The van der Waals surface area contributed by atoms with E-state index in [9.17, 15) is 9.90 Å². The SMILES string of the molecule is O=C(CC1CCCC1)NCC[C@@H](CCO)c1ccccc1. The molecule has 0 heterocycles. The Morgan fingerprint density at radius 1 is 1.19 bits per heavy atom. The van der Waals surface area contributed by atoms with Gasteiger partial charge in [-0.3, -0.25) is 4.79 Å². The van der Waals surface area contributed by atoms with Gasteiger partial charge >= 0.3 is 0 Å². The summed E-state index contributed by atoms with van der Waals surface area (Å²) in [5.74, 6) is 1.12. The van der Waals surface area contributed by atoms with Gasteiger partial charge in [-0.15, -0.1) is 0 Å². The smallest absolute Gasteiger partial charge is 0.220 e. The van der Waals surface area contributed by atoms with Crippen LogP contribution in [-0.2, 0) is 4.79 Å². The van der Waals surface area contributed by atoms with Gasteiger partial charge in [0.15, 0.2) is 0 Å². The fourth-order valence-corrected chi connectivity index (χ4v) is 3.29. The first-order valence-electron chi connectivity index (χ1n) is 8.22. The highest BCUT2D eigenvalue weighted by atomic mass is 16.3. The van der Waals surface area contributed by atoms with Crippen molar-refractivity contribution >= 4 is 5.91 Å². The maximum absolute atomic E-state index is 11.9. The van der Waals surface area contributed by atoms with Gasteiger partial charge in [-0.05, 0) is 43.1 Å².